The van der Waals surface area contributed by atoms with Crippen LogP contribution in [0.15, 0.2) is 72.3 Å². The van der Waals surface area contributed by atoms with Gasteiger partial charge in [0.2, 0.25) is 0 Å². The normalized spacial score (nSPS) is 17.2. The summed E-state index contributed by atoms with van der Waals surface area (Å²) >= 11 is 1.20. The molecule has 0 bridgehead atoms. The van der Waals surface area contributed by atoms with Crippen LogP contribution >= 0.6 is 11.3 Å². The van der Waals surface area contributed by atoms with E-state index in [1.807, 2.05) is 25.1 Å². The number of benzene rings is 3. The highest BCUT2D eigenvalue weighted by molar-refractivity contribution is 7.22. The molecule has 5 rings (SSSR count). The Morgan fingerprint density at radius 2 is 1.89 bits per heavy atom. The summed E-state index contributed by atoms with van der Waals surface area (Å²) < 4.78 is 14.3. The second-order valence-corrected chi connectivity index (χ2v) is 9.19. The van der Waals surface area contributed by atoms with Crippen molar-refractivity contribution in [1.29, 1.82) is 0 Å². The molecule has 0 saturated carbocycles. The number of aliphatic hydroxyl groups is 1. The lowest BCUT2D eigenvalue weighted by molar-refractivity contribution is -0.384. The van der Waals surface area contributed by atoms with Crippen LogP contribution in [-0.2, 0) is 16.0 Å². The van der Waals surface area contributed by atoms with Gasteiger partial charge in [-0.1, -0.05) is 36.5 Å². The van der Waals surface area contributed by atoms with Crippen LogP contribution in [0.5, 0.6) is 0 Å². The predicted molar refractivity (Wildman–Crippen MR) is 133 cm³/mol. The minimum atomic E-state index is -1.18. The topological polar surface area (TPSA) is 114 Å². The fraction of sp³-hybridized carbons (Fsp3) is 0.115. The number of carbonyl (C=O) groups is 2. The van der Waals surface area contributed by atoms with Gasteiger partial charge in [0.1, 0.15) is 11.6 Å². The van der Waals surface area contributed by atoms with E-state index in [0.29, 0.717) is 5.52 Å². The van der Waals surface area contributed by atoms with Crippen LogP contribution in [0.2, 0.25) is 0 Å². The number of ketones is 1. The van der Waals surface area contributed by atoms with E-state index in [1.165, 1.54) is 47.7 Å². The zero-order valence-electron chi connectivity index (χ0n) is 18.8. The molecule has 36 heavy (non-hydrogen) atoms. The molecular formula is C26H18FN3O5S. The lowest BCUT2D eigenvalue weighted by atomic mass is 9.95. The number of aliphatic hydroxyl groups excluding tert-OH is 1. The van der Waals surface area contributed by atoms with Crippen LogP contribution in [0.4, 0.5) is 15.2 Å². The van der Waals surface area contributed by atoms with E-state index >= 15 is 0 Å². The third kappa shape index (κ3) is 3.91. The van der Waals surface area contributed by atoms with E-state index in [9.17, 15) is 29.2 Å². The molecule has 1 unspecified atom stereocenters. The average Bonchev–Trinajstić information content (AvgIpc) is 3.41. The molecule has 0 aliphatic carbocycles. The zero-order chi connectivity index (χ0) is 25.6. The molecule has 0 radical (unpaired) electrons. The summed E-state index contributed by atoms with van der Waals surface area (Å²) in [6.45, 7) is 2.01. The molecule has 1 aliphatic rings. The number of rotatable bonds is 5. The summed E-state index contributed by atoms with van der Waals surface area (Å²) in [6.07, 6.45) is 0.805. The maximum absolute atomic E-state index is 13.5. The van der Waals surface area contributed by atoms with Gasteiger partial charge in [0, 0.05) is 17.7 Å². The number of halogens is 1. The number of non-ortho nitro benzene ring substituents is 1. The van der Waals surface area contributed by atoms with Crippen molar-refractivity contribution in [2.24, 2.45) is 0 Å². The first-order valence-electron chi connectivity index (χ1n) is 11.0. The van der Waals surface area contributed by atoms with Crippen molar-refractivity contribution in [3.8, 4) is 0 Å². The molecule has 0 spiro atoms. The van der Waals surface area contributed by atoms with Gasteiger partial charge in [0.15, 0.2) is 5.13 Å². The van der Waals surface area contributed by atoms with E-state index in [4.69, 9.17) is 0 Å². The molecular weight excluding hydrogens is 485 g/mol. The first-order chi connectivity index (χ1) is 17.3. The van der Waals surface area contributed by atoms with Gasteiger partial charge < -0.3 is 5.11 Å². The van der Waals surface area contributed by atoms with Crippen molar-refractivity contribution in [3.63, 3.8) is 0 Å². The Labute approximate surface area is 208 Å². The van der Waals surface area contributed by atoms with Crippen molar-refractivity contribution < 1.29 is 24.0 Å². The second-order valence-electron chi connectivity index (χ2n) is 8.18. The molecule has 1 N–H and O–H groups in total. The highest BCUT2D eigenvalue weighted by Crippen LogP contribution is 2.44. The van der Waals surface area contributed by atoms with E-state index in [0.717, 1.165) is 33.7 Å². The number of nitro benzene ring substituents is 1. The molecule has 10 heteroatoms. The lowest BCUT2D eigenvalue weighted by Crippen LogP contribution is -2.29. The molecule has 1 saturated heterocycles. The maximum Gasteiger partial charge on any atom is 0.301 e. The highest BCUT2D eigenvalue weighted by Gasteiger charge is 2.48. The van der Waals surface area contributed by atoms with Gasteiger partial charge >= 0.3 is 5.91 Å². The summed E-state index contributed by atoms with van der Waals surface area (Å²) in [5, 5.41) is 22.8. The number of fused-ring (bicyclic) bond motifs is 1. The van der Waals surface area contributed by atoms with Gasteiger partial charge in [-0.25, -0.2) is 9.37 Å². The molecule has 8 nitrogen and oxygen atoms in total. The van der Waals surface area contributed by atoms with Crippen LogP contribution in [0.1, 0.15) is 29.7 Å². The Balaban J connectivity index is 1.74. The average molecular weight is 504 g/mol. The summed E-state index contributed by atoms with van der Waals surface area (Å²) in [7, 11) is 0. The van der Waals surface area contributed by atoms with Crippen molar-refractivity contribution in [1.82, 2.24) is 4.98 Å². The number of anilines is 1. The van der Waals surface area contributed by atoms with Crippen molar-refractivity contribution in [2.45, 2.75) is 19.4 Å². The van der Waals surface area contributed by atoms with Gasteiger partial charge in [-0.05, 0) is 53.9 Å². The molecule has 3 aromatic carbocycles. The van der Waals surface area contributed by atoms with Crippen LogP contribution in [0, 0.1) is 15.9 Å². The predicted octanol–water partition coefficient (Wildman–Crippen LogP) is 5.53. The van der Waals surface area contributed by atoms with Gasteiger partial charge in [0.05, 0.1) is 26.8 Å². The largest absolute Gasteiger partial charge is 0.507 e. The van der Waals surface area contributed by atoms with Crippen molar-refractivity contribution in [3.05, 3.63) is 105 Å². The number of hydrogen-bond acceptors (Lipinski definition) is 7. The number of thiazole rings is 1. The fourth-order valence-corrected chi connectivity index (χ4v) is 5.25. The fourth-order valence-electron chi connectivity index (χ4n) is 4.20. The molecule has 1 aliphatic heterocycles. The van der Waals surface area contributed by atoms with Crippen LogP contribution in [-0.4, -0.2) is 26.7 Å². The van der Waals surface area contributed by atoms with Crippen LogP contribution < -0.4 is 4.90 Å². The number of Topliss-reactive ketones (excluding diaryl/α,β-unsaturated/α-hetero) is 1. The zero-order valence-corrected chi connectivity index (χ0v) is 19.7. The number of nitro groups is 1. The van der Waals surface area contributed by atoms with Crippen molar-refractivity contribution in [2.75, 3.05) is 4.90 Å². The minimum absolute atomic E-state index is 0.127. The summed E-state index contributed by atoms with van der Waals surface area (Å²) in [5.41, 5.74) is 1.58. The maximum atomic E-state index is 13.5. The minimum Gasteiger partial charge on any atom is -0.507 e. The molecule has 1 atom stereocenters. The molecule has 1 aromatic heterocycles. The molecule has 4 aromatic rings. The Hall–Kier alpha value is -4.44. The molecule has 1 amide bonds. The SMILES string of the molecule is CCc1ccc2nc(N3C(=O)C(=O)C(=C(O)c4ccc(F)cc4)C3c3cccc([N+](=O)[O-])c3)sc2c1. The monoisotopic (exact) mass is 503 g/mol. The molecule has 2 heterocycles. The summed E-state index contributed by atoms with van der Waals surface area (Å²) in [5.74, 6) is -2.95. The van der Waals surface area contributed by atoms with Crippen LogP contribution in [0.3, 0.4) is 0 Å². The number of aryl methyl sites for hydroxylation is 1. The van der Waals surface area contributed by atoms with Gasteiger partial charge in [-0.3, -0.25) is 24.6 Å². The van der Waals surface area contributed by atoms with Crippen molar-refractivity contribution >= 4 is 49.8 Å². The number of hydrogen-bond donors (Lipinski definition) is 1. The van der Waals surface area contributed by atoms with E-state index in [1.54, 1.807) is 0 Å². The smallest absolute Gasteiger partial charge is 0.301 e. The van der Waals surface area contributed by atoms with E-state index < -0.39 is 34.2 Å². The van der Waals surface area contributed by atoms with Gasteiger partial charge in [-0.15, -0.1) is 0 Å². The standard InChI is InChI=1S/C26H18FN3O5S/c1-2-14-6-11-19-20(12-14)36-26(28-19)29-22(16-4-3-5-18(13-16)30(34)35)21(24(32)25(29)33)23(31)15-7-9-17(27)10-8-15/h3-13,22,31H,2H2,1H3. The van der Waals surface area contributed by atoms with E-state index in [2.05, 4.69) is 4.98 Å². The molecule has 180 valence electrons. The first-order valence-corrected chi connectivity index (χ1v) is 11.8. The number of aromatic nitrogens is 1. The Bertz CT molecular complexity index is 1580. The first kappa shape index (κ1) is 23.3. The Kier molecular flexibility index (Phi) is 5.81. The van der Waals surface area contributed by atoms with Gasteiger partial charge in [0.25, 0.3) is 11.5 Å². The number of amides is 1. The third-order valence-corrected chi connectivity index (χ3v) is 7.03. The summed E-state index contributed by atoms with van der Waals surface area (Å²) in [6, 6.07) is 14.9. The Morgan fingerprint density at radius 1 is 1.14 bits per heavy atom. The van der Waals surface area contributed by atoms with Crippen LogP contribution in [0.25, 0.3) is 16.0 Å². The highest BCUT2D eigenvalue weighted by atomic mass is 32.1. The third-order valence-electron chi connectivity index (χ3n) is 6.01. The molecule has 1 fully saturated rings. The van der Waals surface area contributed by atoms with Gasteiger partial charge in [-0.2, -0.15) is 0 Å². The summed E-state index contributed by atoms with van der Waals surface area (Å²) in [4.78, 5) is 43.1. The van der Waals surface area contributed by atoms with E-state index in [-0.39, 0.29) is 27.5 Å². The quantitative estimate of drug-likeness (QED) is 0.126. The number of nitrogens with zero attached hydrogens (tertiary/aromatic N) is 3. The Morgan fingerprint density at radius 3 is 2.58 bits per heavy atom. The number of carbonyl (C=O) groups excluding carboxylic acids is 2. The lowest BCUT2D eigenvalue weighted by Gasteiger charge is -2.22. The second kappa shape index (κ2) is 8.97.